The van der Waals surface area contributed by atoms with Gasteiger partial charge in [0.25, 0.3) is 5.91 Å². The van der Waals surface area contributed by atoms with E-state index in [1.807, 2.05) is 30.3 Å². The van der Waals surface area contributed by atoms with Crippen molar-refractivity contribution < 1.29 is 22.9 Å². The number of piperidine rings is 1. The van der Waals surface area contributed by atoms with E-state index < -0.39 is 17.5 Å². The summed E-state index contributed by atoms with van der Waals surface area (Å²) in [6, 6.07) is 14.7. The zero-order valence-electron chi connectivity index (χ0n) is 17.9. The van der Waals surface area contributed by atoms with E-state index in [2.05, 4.69) is 20.7 Å². The van der Waals surface area contributed by atoms with Crippen LogP contribution >= 0.6 is 0 Å². The van der Waals surface area contributed by atoms with Crippen LogP contribution in [0.1, 0.15) is 28.9 Å². The molecular formula is C24H24F2N4O3. The Morgan fingerprint density at radius 1 is 1.03 bits per heavy atom. The molecule has 7 nitrogen and oxygen atoms in total. The van der Waals surface area contributed by atoms with Crippen molar-refractivity contribution >= 4 is 11.8 Å². The van der Waals surface area contributed by atoms with Gasteiger partial charge in [0, 0.05) is 37.3 Å². The summed E-state index contributed by atoms with van der Waals surface area (Å²) in [7, 11) is 0. The lowest BCUT2D eigenvalue weighted by Gasteiger charge is -2.32. The van der Waals surface area contributed by atoms with Crippen molar-refractivity contribution in [3.63, 3.8) is 0 Å². The maximum absolute atomic E-state index is 13.4. The molecule has 2 amide bonds. The third-order valence-electron chi connectivity index (χ3n) is 5.55. The standard InChI is InChI=1S/C24H24F2N4O3/c25-19-7-6-16(12-20(19)26)15-30-10-8-18(9-11-30)28-23(31)14-27-24(32)21-13-22(33-29-21)17-4-2-1-3-5-17/h1-7,12-13,18H,8-11,14-15H2,(H,27,32)(H,28,31). The fourth-order valence-electron chi connectivity index (χ4n) is 3.78. The number of likely N-dealkylation sites (tertiary alicyclic amines) is 1. The Hall–Kier alpha value is -3.59. The molecule has 1 fully saturated rings. The number of carbonyl (C=O) groups is 2. The zero-order valence-corrected chi connectivity index (χ0v) is 17.9. The van der Waals surface area contributed by atoms with Crippen LogP contribution in [0, 0.1) is 11.6 Å². The normalized spacial score (nSPS) is 14.7. The maximum atomic E-state index is 13.4. The summed E-state index contributed by atoms with van der Waals surface area (Å²) in [4.78, 5) is 26.7. The fraction of sp³-hybridized carbons (Fsp3) is 0.292. The van der Waals surface area contributed by atoms with Gasteiger partial charge in [-0.1, -0.05) is 41.6 Å². The minimum absolute atomic E-state index is 0.00709. The number of aromatic nitrogens is 1. The number of hydrogen-bond donors (Lipinski definition) is 2. The van der Waals surface area contributed by atoms with Gasteiger partial charge in [-0.3, -0.25) is 14.5 Å². The van der Waals surface area contributed by atoms with Gasteiger partial charge in [-0.2, -0.15) is 0 Å². The highest BCUT2D eigenvalue weighted by Gasteiger charge is 2.22. The van der Waals surface area contributed by atoms with Crippen LogP contribution in [-0.4, -0.2) is 47.5 Å². The molecule has 4 rings (SSSR count). The van der Waals surface area contributed by atoms with Crippen LogP contribution in [0.5, 0.6) is 0 Å². The quantitative estimate of drug-likeness (QED) is 0.573. The fourth-order valence-corrected chi connectivity index (χ4v) is 3.78. The van der Waals surface area contributed by atoms with E-state index >= 15 is 0 Å². The minimum Gasteiger partial charge on any atom is -0.355 e. The first-order valence-corrected chi connectivity index (χ1v) is 10.7. The van der Waals surface area contributed by atoms with E-state index in [-0.39, 0.29) is 24.2 Å². The number of halogens is 2. The van der Waals surface area contributed by atoms with Gasteiger partial charge < -0.3 is 15.2 Å². The molecule has 3 aromatic rings. The summed E-state index contributed by atoms with van der Waals surface area (Å²) in [5.41, 5.74) is 1.62. The molecule has 0 atom stereocenters. The molecule has 0 saturated carbocycles. The molecule has 2 heterocycles. The molecule has 2 N–H and O–H groups in total. The Morgan fingerprint density at radius 3 is 2.52 bits per heavy atom. The molecule has 1 saturated heterocycles. The zero-order chi connectivity index (χ0) is 23.2. The van der Waals surface area contributed by atoms with E-state index in [0.29, 0.717) is 17.9 Å². The second-order valence-electron chi connectivity index (χ2n) is 7.99. The largest absolute Gasteiger partial charge is 0.355 e. The first-order chi connectivity index (χ1) is 16.0. The topological polar surface area (TPSA) is 87.5 Å². The molecule has 1 aliphatic heterocycles. The molecule has 2 aromatic carbocycles. The van der Waals surface area contributed by atoms with E-state index in [4.69, 9.17) is 4.52 Å². The Bertz CT molecular complexity index is 1110. The SMILES string of the molecule is O=C(CNC(=O)c1cc(-c2ccccc2)on1)NC1CCN(Cc2ccc(F)c(F)c2)CC1. The highest BCUT2D eigenvalue weighted by atomic mass is 19.2. The molecule has 1 aromatic heterocycles. The number of nitrogens with zero attached hydrogens (tertiary/aromatic N) is 2. The number of hydrogen-bond acceptors (Lipinski definition) is 5. The van der Waals surface area contributed by atoms with Crippen LogP contribution in [0.25, 0.3) is 11.3 Å². The predicted octanol–water partition coefficient (Wildman–Crippen LogP) is 3.13. The van der Waals surface area contributed by atoms with E-state index in [0.717, 1.165) is 37.6 Å². The lowest BCUT2D eigenvalue weighted by Crippen LogP contribution is -2.47. The lowest BCUT2D eigenvalue weighted by molar-refractivity contribution is -0.121. The Balaban J connectivity index is 1.19. The second-order valence-corrected chi connectivity index (χ2v) is 7.99. The van der Waals surface area contributed by atoms with Crippen molar-refractivity contribution in [3.05, 3.63) is 77.5 Å². The molecule has 0 aliphatic carbocycles. The van der Waals surface area contributed by atoms with Gasteiger partial charge >= 0.3 is 0 Å². The van der Waals surface area contributed by atoms with Crippen molar-refractivity contribution in [3.8, 4) is 11.3 Å². The van der Waals surface area contributed by atoms with Crippen molar-refractivity contribution in [1.29, 1.82) is 0 Å². The third kappa shape index (κ3) is 6.01. The van der Waals surface area contributed by atoms with Crippen LogP contribution in [0.3, 0.4) is 0 Å². The van der Waals surface area contributed by atoms with Crippen LogP contribution in [0.15, 0.2) is 59.1 Å². The summed E-state index contributed by atoms with van der Waals surface area (Å²) in [6.45, 7) is 1.80. The number of nitrogens with one attached hydrogen (secondary N) is 2. The summed E-state index contributed by atoms with van der Waals surface area (Å²) in [6.07, 6.45) is 1.46. The van der Waals surface area contributed by atoms with Gasteiger partial charge in [0.05, 0.1) is 6.54 Å². The van der Waals surface area contributed by atoms with E-state index in [9.17, 15) is 18.4 Å². The number of carbonyl (C=O) groups excluding carboxylic acids is 2. The van der Waals surface area contributed by atoms with Crippen molar-refractivity contribution in [1.82, 2.24) is 20.7 Å². The summed E-state index contributed by atoms with van der Waals surface area (Å²) >= 11 is 0. The third-order valence-corrected chi connectivity index (χ3v) is 5.55. The minimum atomic E-state index is -0.854. The lowest BCUT2D eigenvalue weighted by atomic mass is 10.0. The summed E-state index contributed by atoms with van der Waals surface area (Å²) < 4.78 is 31.7. The van der Waals surface area contributed by atoms with Crippen LogP contribution < -0.4 is 10.6 Å². The van der Waals surface area contributed by atoms with Crippen LogP contribution in [-0.2, 0) is 11.3 Å². The first-order valence-electron chi connectivity index (χ1n) is 10.7. The van der Waals surface area contributed by atoms with E-state index in [1.54, 1.807) is 6.07 Å². The van der Waals surface area contributed by atoms with E-state index in [1.165, 1.54) is 12.1 Å². The molecule has 0 spiro atoms. The molecule has 9 heteroatoms. The molecule has 1 aliphatic rings. The molecular weight excluding hydrogens is 430 g/mol. The van der Waals surface area contributed by atoms with Gasteiger partial charge in [-0.25, -0.2) is 8.78 Å². The molecule has 0 radical (unpaired) electrons. The van der Waals surface area contributed by atoms with Gasteiger partial charge in [0.2, 0.25) is 5.91 Å². The molecule has 0 unspecified atom stereocenters. The average molecular weight is 454 g/mol. The highest BCUT2D eigenvalue weighted by Crippen LogP contribution is 2.19. The predicted molar refractivity (Wildman–Crippen MR) is 117 cm³/mol. The molecule has 0 bridgehead atoms. The molecule has 172 valence electrons. The van der Waals surface area contributed by atoms with Crippen molar-refractivity contribution in [2.45, 2.75) is 25.4 Å². The van der Waals surface area contributed by atoms with Crippen molar-refractivity contribution in [2.75, 3.05) is 19.6 Å². The average Bonchev–Trinajstić information content (AvgIpc) is 3.32. The Kier molecular flexibility index (Phi) is 7.09. The van der Waals surface area contributed by atoms with Crippen molar-refractivity contribution in [2.24, 2.45) is 0 Å². The number of rotatable bonds is 7. The Labute approximate surface area is 189 Å². The van der Waals surface area contributed by atoms with Gasteiger partial charge in [-0.15, -0.1) is 0 Å². The molecule has 33 heavy (non-hydrogen) atoms. The maximum Gasteiger partial charge on any atom is 0.273 e. The number of amides is 2. The van der Waals surface area contributed by atoms with Crippen LogP contribution in [0.4, 0.5) is 8.78 Å². The summed E-state index contributed by atoms with van der Waals surface area (Å²) in [5, 5.41) is 9.25. The number of benzene rings is 2. The monoisotopic (exact) mass is 454 g/mol. The van der Waals surface area contributed by atoms with Gasteiger partial charge in [0.1, 0.15) is 0 Å². The summed E-state index contributed by atoms with van der Waals surface area (Å²) in [5.74, 6) is -2.00. The van der Waals surface area contributed by atoms with Gasteiger partial charge in [-0.05, 0) is 30.5 Å². The first kappa shape index (κ1) is 22.6. The highest BCUT2D eigenvalue weighted by molar-refractivity contribution is 5.95. The Morgan fingerprint density at radius 2 is 1.79 bits per heavy atom. The smallest absolute Gasteiger partial charge is 0.273 e. The second kappa shape index (κ2) is 10.4. The van der Waals surface area contributed by atoms with Gasteiger partial charge in [0.15, 0.2) is 23.1 Å². The van der Waals surface area contributed by atoms with Crippen LogP contribution in [0.2, 0.25) is 0 Å².